The van der Waals surface area contributed by atoms with Crippen LogP contribution in [0.3, 0.4) is 0 Å². The monoisotopic (exact) mass is 356 g/mol. The zero-order valence-corrected chi connectivity index (χ0v) is 14.8. The number of amides is 1. The van der Waals surface area contributed by atoms with E-state index in [0.29, 0.717) is 22.6 Å². The maximum atomic E-state index is 12.1. The number of carbonyl (C=O) groups is 2. The smallest absolute Gasteiger partial charge is 0.338 e. The molecule has 0 aliphatic rings. The van der Waals surface area contributed by atoms with Gasteiger partial charge < -0.3 is 19.5 Å². The van der Waals surface area contributed by atoms with Crippen molar-refractivity contribution < 1.29 is 23.8 Å². The standard InChI is InChI=1S/C19H20N2O5/c1-4-26-19(23)14-9-10-20-17(12-14)21-18(22)8-5-13-11-15(24-2)6-7-16(13)25-3/h5-12H,4H2,1-3H3,(H,20,21,22)/b8-5+. The summed E-state index contributed by atoms with van der Waals surface area (Å²) in [6, 6.07) is 8.24. The molecular weight excluding hydrogens is 336 g/mol. The Morgan fingerprint density at radius 2 is 1.96 bits per heavy atom. The number of hydrogen-bond donors (Lipinski definition) is 1. The summed E-state index contributed by atoms with van der Waals surface area (Å²) in [6.45, 7) is 1.99. The third kappa shape index (κ3) is 5.07. The molecule has 7 nitrogen and oxygen atoms in total. The summed E-state index contributed by atoms with van der Waals surface area (Å²) in [4.78, 5) is 27.9. The Balaban J connectivity index is 2.10. The molecule has 1 amide bonds. The zero-order chi connectivity index (χ0) is 18.9. The first-order valence-corrected chi connectivity index (χ1v) is 7.91. The second kappa shape index (κ2) is 9.22. The van der Waals surface area contributed by atoms with E-state index in [1.807, 2.05) is 0 Å². The van der Waals surface area contributed by atoms with Crippen LogP contribution in [0.25, 0.3) is 6.08 Å². The summed E-state index contributed by atoms with van der Waals surface area (Å²) in [5.74, 6) is 0.639. The Labute approximate surface area is 151 Å². The number of aromatic nitrogens is 1. The highest BCUT2D eigenvalue weighted by Gasteiger charge is 2.09. The van der Waals surface area contributed by atoms with Crippen molar-refractivity contribution >= 4 is 23.8 Å². The fourth-order valence-electron chi connectivity index (χ4n) is 2.14. The van der Waals surface area contributed by atoms with Crippen molar-refractivity contribution in [2.75, 3.05) is 26.1 Å². The van der Waals surface area contributed by atoms with Crippen molar-refractivity contribution in [3.63, 3.8) is 0 Å². The van der Waals surface area contributed by atoms with Gasteiger partial charge in [0.15, 0.2) is 0 Å². The number of methoxy groups -OCH3 is 2. The van der Waals surface area contributed by atoms with Gasteiger partial charge in [0.1, 0.15) is 17.3 Å². The summed E-state index contributed by atoms with van der Waals surface area (Å²) in [6.07, 6.45) is 4.37. The van der Waals surface area contributed by atoms with Crippen molar-refractivity contribution in [1.82, 2.24) is 4.98 Å². The van der Waals surface area contributed by atoms with Crippen molar-refractivity contribution in [3.05, 3.63) is 53.7 Å². The van der Waals surface area contributed by atoms with Gasteiger partial charge in [0.25, 0.3) is 0 Å². The van der Waals surface area contributed by atoms with Gasteiger partial charge in [0, 0.05) is 17.8 Å². The van der Waals surface area contributed by atoms with Gasteiger partial charge >= 0.3 is 5.97 Å². The number of nitrogens with one attached hydrogen (secondary N) is 1. The van der Waals surface area contributed by atoms with Gasteiger partial charge in [-0.15, -0.1) is 0 Å². The van der Waals surface area contributed by atoms with E-state index in [2.05, 4.69) is 10.3 Å². The minimum Gasteiger partial charge on any atom is -0.497 e. The molecule has 0 atom stereocenters. The first-order valence-electron chi connectivity index (χ1n) is 7.91. The molecule has 0 saturated carbocycles. The number of benzene rings is 1. The summed E-state index contributed by atoms with van der Waals surface area (Å²) < 4.78 is 15.3. The number of esters is 1. The lowest BCUT2D eigenvalue weighted by Gasteiger charge is -2.07. The van der Waals surface area contributed by atoms with Gasteiger partial charge in [-0.05, 0) is 43.3 Å². The van der Waals surface area contributed by atoms with Crippen LogP contribution < -0.4 is 14.8 Å². The van der Waals surface area contributed by atoms with Crippen molar-refractivity contribution in [2.24, 2.45) is 0 Å². The Morgan fingerprint density at radius 1 is 1.15 bits per heavy atom. The van der Waals surface area contributed by atoms with Gasteiger partial charge in [-0.1, -0.05) is 0 Å². The average molecular weight is 356 g/mol. The van der Waals surface area contributed by atoms with E-state index in [-0.39, 0.29) is 12.4 Å². The van der Waals surface area contributed by atoms with Crippen LogP contribution in [0, 0.1) is 0 Å². The number of rotatable bonds is 7. The second-order valence-electron chi connectivity index (χ2n) is 5.08. The number of ether oxygens (including phenoxy) is 3. The second-order valence-corrected chi connectivity index (χ2v) is 5.08. The molecule has 2 rings (SSSR count). The Hall–Kier alpha value is -3.35. The van der Waals surface area contributed by atoms with Crippen molar-refractivity contribution in [2.45, 2.75) is 6.92 Å². The highest BCUT2D eigenvalue weighted by Crippen LogP contribution is 2.25. The number of carbonyl (C=O) groups excluding carboxylic acids is 2. The number of nitrogens with zero attached hydrogens (tertiary/aromatic N) is 1. The van der Waals surface area contributed by atoms with E-state index in [0.717, 1.165) is 0 Å². The quantitative estimate of drug-likeness (QED) is 0.606. The molecule has 0 aliphatic heterocycles. The zero-order valence-electron chi connectivity index (χ0n) is 14.8. The van der Waals surface area contributed by atoms with Gasteiger partial charge in [0.2, 0.25) is 5.91 Å². The largest absolute Gasteiger partial charge is 0.497 e. The van der Waals surface area contributed by atoms with Gasteiger partial charge in [0.05, 0.1) is 26.4 Å². The predicted molar refractivity (Wildman–Crippen MR) is 97.4 cm³/mol. The fraction of sp³-hybridized carbons (Fsp3) is 0.211. The van der Waals surface area contributed by atoms with E-state index in [1.165, 1.54) is 24.4 Å². The first kappa shape index (κ1) is 19.0. The van der Waals surface area contributed by atoms with E-state index in [9.17, 15) is 9.59 Å². The Bertz CT molecular complexity index is 817. The third-order valence-corrected chi connectivity index (χ3v) is 3.37. The summed E-state index contributed by atoms with van der Waals surface area (Å²) in [7, 11) is 3.11. The van der Waals surface area contributed by atoms with Gasteiger partial charge in [-0.25, -0.2) is 9.78 Å². The molecule has 0 unspecified atom stereocenters. The summed E-state index contributed by atoms with van der Waals surface area (Å²) in [5, 5.41) is 2.60. The molecule has 0 saturated heterocycles. The molecule has 0 aliphatic carbocycles. The highest BCUT2D eigenvalue weighted by atomic mass is 16.5. The lowest BCUT2D eigenvalue weighted by Crippen LogP contribution is -2.11. The fourth-order valence-corrected chi connectivity index (χ4v) is 2.14. The molecule has 1 aromatic heterocycles. The molecule has 1 aromatic carbocycles. The molecule has 7 heteroatoms. The van der Waals surface area contributed by atoms with Crippen molar-refractivity contribution in [3.8, 4) is 11.5 Å². The van der Waals surface area contributed by atoms with E-state index >= 15 is 0 Å². The number of pyridine rings is 1. The summed E-state index contributed by atoms with van der Waals surface area (Å²) >= 11 is 0. The number of hydrogen-bond acceptors (Lipinski definition) is 6. The van der Waals surface area contributed by atoms with Crippen LogP contribution in [-0.2, 0) is 9.53 Å². The Morgan fingerprint density at radius 3 is 2.65 bits per heavy atom. The normalized spacial score (nSPS) is 10.4. The molecule has 1 N–H and O–H groups in total. The third-order valence-electron chi connectivity index (χ3n) is 3.37. The van der Waals surface area contributed by atoms with Gasteiger partial charge in [-0.2, -0.15) is 0 Å². The molecule has 2 aromatic rings. The van der Waals surface area contributed by atoms with Gasteiger partial charge in [-0.3, -0.25) is 4.79 Å². The van der Waals surface area contributed by atoms with Crippen LogP contribution in [0.15, 0.2) is 42.6 Å². The van der Waals surface area contributed by atoms with E-state index in [4.69, 9.17) is 14.2 Å². The van der Waals surface area contributed by atoms with Crippen LogP contribution in [0.2, 0.25) is 0 Å². The maximum Gasteiger partial charge on any atom is 0.338 e. The highest BCUT2D eigenvalue weighted by molar-refractivity contribution is 6.02. The van der Waals surface area contributed by atoms with E-state index in [1.54, 1.807) is 45.4 Å². The first-order chi connectivity index (χ1) is 12.6. The average Bonchev–Trinajstić information content (AvgIpc) is 2.66. The predicted octanol–water partition coefficient (Wildman–Crippen LogP) is 2.93. The van der Waals surface area contributed by atoms with Crippen LogP contribution in [0.1, 0.15) is 22.8 Å². The van der Waals surface area contributed by atoms with E-state index < -0.39 is 11.9 Å². The van der Waals surface area contributed by atoms with Crippen LogP contribution >= 0.6 is 0 Å². The van der Waals surface area contributed by atoms with Crippen LogP contribution in [0.5, 0.6) is 11.5 Å². The molecule has 1 heterocycles. The van der Waals surface area contributed by atoms with Crippen LogP contribution in [0.4, 0.5) is 5.82 Å². The minimum absolute atomic E-state index is 0.253. The lowest BCUT2D eigenvalue weighted by atomic mass is 10.1. The molecule has 136 valence electrons. The summed E-state index contributed by atoms with van der Waals surface area (Å²) in [5.41, 5.74) is 1.01. The molecule has 0 spiro atoms. The molecule has 0 fully saturated rings. The molecule has 0 bridgehead atoms. The van der Waals surface area contributed by atoms with Crippen LogP contribution in [-0.4, -0.2) is 37.7 Å². The topological polar surface area (TPSA) is 86.8 Å². The molecule has 0 radical (unpaired) electrons. The lowest BCUT2D eigenvalue weighted by molar-refractivity contribution is -0.111. The molecular formula is C19H20N2O5. The molecule has 26 heavy (non-hydrogen) atoms. The SMILES string of the molecule is CCOC(=O)c1ccnc(NC(=O)/C=C/c2cc(OC)ccc2OC)c1. The van der Waals surface area contributed by atoms with Crippen molar-refractivity contribution in [1.29, 1.82) is 0 Å². The number of anilines is 1. The Kier molecular flexibility index (Phi) is 6.73. The maximum absolute atomic E-state index is 12.1. The minimum atomic E-state index is -0.470.